The molecule has 6 nitrogen and oxygen atoms in total. The second-order valence-corrected chi connectivity index (χ2v) is 6.71. The van der Waals surface area contributed by atoms with E-state index in [1.807, 2.05) is 29.8 Å². The van der Waals surface area contributed by atoms with E-state index in [0.29, 0.717) is 24.5 Å². The molecule has 1 aliphatic rings. The zero-order chi connectivity index (χ0) is 17.0. The summed E-state index contributed by atoms with van der Waals surface area (Å²) in [6.07, 6.45) is 11.4. The van der Waals surface area contributed by atoms with Crippen LogP contribution >= 0.6 is 0 Å². The predicted molar refractivity (Wildman–Crippen MR) is 93.9 cm³/mol. The lowest BCUT2D eigenvalue weighted by atomic mass is 9.71. The van der Waals surface area contributed by atoms with E-state index in [1.165, 1.54) is 6.42 Å². The molecule has 1 fully saturated rings. The Morgan fingerprint density at radius 1 is 1.29 bits per heavy atom. The Bertz CT molecular complexity index is 703. The molecule has 0 radical (unpaired) electrons. The highest BCUT2D eigenvalue weighted by Crippen LogP contribution is 2.38. The van der Waals surface area contributed by atoms with Crippen molar-refractivity contribution in [2.24, 2.45) is 11.1 Å². The van der Waals surface area contributed by atoms with E-state index in [1.54, 1.807) is 12.4 Å². The van der Waals surface area contributed by atoms with Crippen molar-refractivity contribution in [2.75, 3.05) is 11.9 Å². The lowest BCUT2D eigenvalue weighted by molar-refractivity contribution is -0.118. The Labute approximate surface area is 142 Å². The van der Waals surface area contributed by atoms with Crippen molar-refractivity contribution < 1.29 is 4.79 Å². The molecule has 0 saturated heterocycles. The maximum atomic E-state index is 12.6. The molecule has 0 aliphatic heterocycles. The van der Waals surface area contributed by atoms with Gasteiger partial charge in [-0.15, -0.1) is 0 Å². The van der Waals surface area contributed by atoms with Gasteiger partial charge in [0.15, 0.2) is 5.82 Å². The number of hydrogen-bond acceptors (Lipinski definition) is 4. The number of amides is 1. The summed E-state index contributed by atoms with van der Waals surface area (Å²) in [4.78, 5) is 21.3. The van der Waals surface area contributed by atoms with Gasteiger partial charge >= 0.3 is 0 Å². The second kappa shape index (κ2) is 7.13. The molecule has 24 heavy (non-hydrogen) atoms. The number of carbonyl (C=O) groups excluding carboxylic acids is 1. The van der Waals surface area contributed by atoms with Crippen molar-refractivity contribution in [3.8, 4) is 5.82 Å². The number of pyridine rings is 1. The maximum Gasteiger partial charge on any atom is 0.225 e. The molecule has 3 rings (SSSR count). The molecule has 1 aliphatic carbocycles. The van der Waals surface area contributed by atoms with Gasteiger partial charge in [-0.3, -0.25) is 9.36 Å². The average Bonchev–Trinajstić information content (AvgIpc) is 3.02. The Morgan fingerprint density at radius 2 is 2.08 bits per heavy atom. The first kappa shape index (κ1) is 16.6. The van der Waals surface area contributed by atoms with Gasteiger partial charge in [0.2, 0.25) is 5.91 Å². The highest BCUT2D eigenvalue weighted by molar-refractivity contribution is 5.92. The maximum absolute atomic E-state index is 12.6. The van der Waals surface area contributed by atoms with Gasteiger partial charge in [-0.25, -0.2) is 9.97 Å². The highest BCUT2D eigenvalue weighted by Gasteiger charge is 2.33. The molecule has 2 aromatic rings. The number of rotatable bonds is 5. The number of nitrogens with two attached hydrogens (primary N) is 1. The fourth-order valence-corrected chi connectivity index (χ4v) is 3.58. The molecule has 1 saturated carbocycles. The van der Waals surface area contributed by atoms with Crippen LogP contribution < -0.4 is 11.1 Å². The first-order valence-corrected chi connectivity index (χ1v) is 8.59. The molecule has 2 aromatic heterocycles. The van der Waals surface area contributed by atoms with Crippen LogP contribution in [0.25, 0.3) is 5.82 Å². The van der Waals surface area contributed by atoms with E-state index in [9.17, 15) is 4.79 Å². The SMILES string of the molecule is Cc1nccn1-c1ncccc1NC(=O)CC1(CN)CCCCC1. The lowest BCUT2D eigenvalue weighted by Crippen LogP contribution is -2.36. The molecule has 2 heterocycles. The molecule has 0 atom stereocenters. The number of aromatic nitrogens is 3. The van der Waals surface area contributed by atoms with Crippen LogP contribution in [-0.2, 0) is 4.79 Å². The van der Waals surface area contributed by atoms with E-state index in [4.69, 9.17) is 5.73 Å². The van der Waals surface area contributed by atoms with Crippen LogP contribution in [0.3, 0.4) is 0 Å². The Morgan fingerprint density at radius 3 is 2.75 bits per heavy atom. The number of nitrogens with one attached hydrogen (secondary N) is 1. The Hall–Kier alpha value is -2.21. The van der Waals surface area contributed by atoms with Crippen LogP contribution in [0.15, 0.2) is 30.7 Å². The smallest absolute Gasteiger partial charge is 0.225 e. The average molecular weight is 327 g/mol. The molecule has 3 N–H and O–H groups in total. The van der Waals surface area contributed by atoms with E-state index in [2.05, 4.69) is 15.3 Å². The summed E-state index contributed by atoms with van der Waals surface area (Å²) in [5.74, 6) is 1.52. The van der Waals surface area contributed by atoms with Gasteiger partial charge in [0.1, 0.15) is 5.82 Å². The quantitative estimate of drug-likeness (QED) is 0.884. The summed E-state index contributed by atoms with van der Waals surface area (Å²) < 4.78 is 1.87. The van der Waals surface area contributed by atoms with Crippen LogP contribution in [0, 0.1) is 12.3 Å². The molecule has 128 valence electrons. The van der Waals surface area contributed by atoms with Gasteiger partial charge in [-0.2, -0.15) is 0 Å². The standard InChI is InChI=1S/C18H25N5O/c1-14-20-10-11-23(14)17-15(6-5-9-21-17)22-16(24)12-18(13-19)7-3-2-4-8-18/h5-6,9-11H,2-4,7-8,12-13,19H2,1H3,(H,22,24). The third kappa shape index (κ3) is 3.48. The van der Waals surface area contributed by atoms with Crippen molar-refractivity contribution >= 4 is 11.6 Å². The van der Waals surface area contributed by atoms with Crippen molar-refractivity contribution in [3.63, 3.8) is 0 Å². The van der Waals surface area contributed by atoms with Crippen molar-refractivity contribution in [1.82, 2.24) is 14.5 Å². The number of carbonyl (C=O) groups is 1. The minimum Gasteiger partial charge on any atom is -0.330 e. The summed E-state index contributed by atoms with van der Waals surface area (Å²) in [5.41, 5.74) is 6.66. The largest absolute Gasteiger partial charge is 0.330 e. The van der Waals surface area contributed by atoms with Gasteiger partial charge in [0.25, 0.3) is 0 Å². The number of anilines is 1. The molecule has 0 bridgehead atoms. The van der Waals surface area contributed by atoms with Gasteiger partial charge in [0, 0.05) is 25.0 Å². The van der Waals surface area contributed by atoms with E-state index < -0.39 is 0 Å². The molecular weight excluding hydrogens is 302 g/mol. The highest BCUT2D eigenvalue weighted by atomic mass is 16.1. The zero-order valence-corrected chi connectivity index (χ0v) is 14.2. The van der Waals surface area contributed by atoms with Crippen LogP contribution in [0.5, 0.6) is 0 Å². The van der Waals surface area contributed by atoms with Gasteiger partial charge < -0.3 is 11.1 Å². The first-order chi connectivity index (χ1) is 11.6. The number of hydrogen-bond donors (Lipinski definition) is 2. The van der Waals surface area contributed by atoms with Gasteiger partial charge in [-0.05, 0) is 43.9 Å². The van der Waals surface area contributed by atoms with Gasteiger partial charge in [-0.1, -0.05) is 19.3 Å². The zero-order valence-electron chi connectivity index (χ0n) is 14.2. The molecule has 0 aromatic carbocycles. The summed E-state index contributed by atoms with van der Waals surface area (Å²) in [6, 6.07) is 3.69. The Balaban J connectivity index is 1.77. The van der Waals surface area contributed by atoms with Crippen LogP contribution in [-0.4, -0.2) is 27.0 Å². The van der Waals surface area contributed by atoms with Crippen molar-refractivity contribution in [2.45, 2.75) is 45.4 Å². The summed E-state index contributed by atoms with van der Waals surface area (Å²) in [5, 5.41) is 3.03. The van der Waals surface area contributed by atoms with Crippen LogP contribution in [0.4, 0.5) is 5.69 Å². The molecular formula is C18H25N5O. The fraction of sp³-hybridized carbons (Fsp3) is 0.500. The van der Waals surface area contributed by atoms with Crippen molar-refractivity contribution in [3.05, 3.63) is 36.5 Å². The molecule has 1 amide bonds. The van der Waals surface area contributed by atoms with Crippen LogP contribution in [0.1, 0.15) is 44.3 Å². The minimum absolute atomic E-state index is 0.00867. The van der Waals surface area contributed by atoms with E-state index in [0.717, 1.165) is 31.5 Å². The molecule has 0 spiro atoms. The van der Waals surface area contributed by atoms with Crippen LogP contribution in [0.2, 0.25) is 0 Å². The summed E-state index contributed by atoms with van der Waals surface area (Å²) in [6.45, 7) is 2.48. The third-order valence-corrected chi connectivity index (χ3v) is 5.00. The van der Waals surface area contributed by atoms with Crippen molar-refractivity contribution in [1.29, 1.82) is 0 Å². The van der Waals surface area contributed by atoms with E-state index >= 15 is 0 Å². The number of aryl methyl sites for hydroxylation is 1. The molecule has 6 heteroatoms. The summed E-state index contributed by atoms with van der Waals surface area (Å²) >= 11 is 0. The fourth-order valence-electron chi connectivity index (χ4n) is 3.58. The first-order valence-electron chi connectivity index (χ1n) is 8.59. The minimum atomic E-state index is -0.0460. The monoisotopic (exact) mass is 327 g/mol. The molecule has 0 unspecified atom stereocenters. The van der Waals surface area contributed by atoms with Gasteiger partial charge in [0.05, 0.1) is 5.69 Å². The Kier molecular flexibility index (Phi) is 4.94. The normalized spacial score (nSPS) is 16.8. The predicted octanol–water partition coefficient (Wildman–Crippen LogP) is 2.81. The van der Waals surface area contributed by atoms with E-state index in [-0.39, 0.29) is 11.3 Å². The number of imidazole rings is 1. The third-order valence-electron chi connectivity index (χ3n) is 5.00. The topological polar surface area (TPSA) is 85.8 Å². The second-order valence-electron chi connectivity index (χ2n) is 6.71. The summed E-state index contributed by atoms with van der Waals surface area (Å²) in [7, 11) is 0. The number of nitrogens with zero attached hydrogens (tertiary/aromatic N) is 3. The lowest BCUT2D eigenvalue weighted by Gasteiger charge is -2.35.